The van der Waals surface area contributed by atoms with E-state index in [1.165, 1.54) is 29.3 Å². The van der Waals surface area contributed by atoms with Crippen LogP contribution in [-0.4, -0.2) is 13.7 Å². The predicted molar refractivity (Wildman–Crippen MR) is 122 cm³/mol. The summed E-state index contributed by atoms with van der Waals surface area (Å²) in [5, 5.41) is 3.69. The van der Waals surface area contributed by atoms with Crippen molar-refractivity contribution in [2.24, 2.45) is 14.1 Å². The van der Waals surface area contributed by atoms with E-state index < -0.39 is 11.2 Å². The molecule has 152 valence electrons. The van der Waals surface area contributed by atoms with Gasteiger partial charge in [0.15, 0.2) is 0 Å². The summed E-state index contributed by atoms with van der Waals surface area (Å²) in [6, 6.07) is 15.4. The summed E-state index contributed by atoms with van der Waals surface area (Å²) >= 11 is 9.66. The van der Waals surface area contributed by atoms with Crippen molar-refractivity contribution in [1.29, 1.82) is 0 Å². The Morgan fingerprint density at radius 1 is 0.900 bits per heavy atom. The van der Waals surface area contributed by atoms with Gasteiger partial charge in [0.2, 0.25) is 0 Å². The molecule has 7 nitrogen and oxygen atoms in total. The summed E-state index contributed by atoms with van der Waals surface area (Å²) < 4.78 is 4.46. The number of aryl methyl sites for hydroxylation is 1. The second-order valence-electron chi connectivity index (χ2n) is 6.72. The molecule has 0 aliphatic carbocycles. The van der Waals surface area contributed by atoms with Crippen LogP contribution in [0.4, 0.5) is 11.4 Å². The number of rotatable bonds is 3. The largest absolute Gasteiger partial charge is 0.353 e. The third kappa shape index (κ3) is 3.28. The van der Waals surface area contributed by atoms with E-state index in [1.807, 2.05) is 6.07 Å². The Bertz CT molecular complexity index is 1470. The molecular weight excluding hydrogens is 472 g/mol. The SMILES string of the molecule is Cn1c(=O)c2c(Nc3ccc(Br)cc3Cl)cc(=O)n(C)c2n(-c2ccccc2)c1=O. The van der Waals surface area contributed by atoms with E-state index in [1.54, 1.807) is 42.5 Å². The number of para-hydroxylation sites is 1. The predicted octanol–water partition coefficient (Wildman–Crippen LogP) is 3.55. The zero-order valence-corrected chi connectivity index (χ0v) is 18.4. The van der Waals surface area contributed by atoms with E-state index in [9.17, 15) is 14.4 Å². The van der Waals surface area contributed by atoms with Gasteiger partial charge in [-0.2, -0.15) is 0 Å². The number of pyridine rings is 1. The van der Waals surface area contributed by atoms with E-state index in [0.717, 1.165) is 9.04 Å². The Kier molecular flexibility index (Phi) is 5.13. The summed E-state index contributed by atoms with van der Waals surface area (Å²) in [6.45, 7) is 0. The minimum absolute atomic E-state index is 0.192. The molecular formula is C21H16BrClN4O3. The van der Waals surface area contributed by atoms with Crippen molar-refractivity contribution in [2.75, 3.05) is 5.32 Å². The highest BCUT2D eigenvalue weighted by molar-refractivity contribution is 9.10. The van der Waals surface area contributed by atoms with Crippen molar-refractivity contribution in [3.05, 3.63) is 95.3 Å². The zero-order chi connectivity index (χ0) is 21.6. The van der Waals surface area contributed by atoms with Gasteiger partial charge >= 0.3 is 5.69 Å². The highest BCUT2D eigenvalue weighted by atomic mass is 79.9. The second-order valence-corrected chi connectivity index (χ2v) is 8.04. The Morgan fingerprint density at radius 3 is 2.27 bits per heavy atom. The molecule has 2 heterocycles. The van der Waals surface area contributed by atoms with Crippen LogP contribution in [0.2, 0.25) is 5.02 Å². The van der Waals surface area contributed by atoms with E-state index in [-0.39, 0.29) is 22.3 Å². The maximum absolute atomic E-state index is 13.1. The first-order chi connectivity index (χ1) is 14.3. The third-order valence-corrected chi connectivity index (χ3v) is 5.64. The molecule has 0 unspecified atom stereocenters. The molecule has 0 atom stereocenters. The van der Waals surface area contributed by atoms with E-state index in [0.29, 0.717) is 16.4 Å². The fraction of sp³-hybridized carbons (Fsp3) is 0.0952. The molecule has 0 radical (unpaired) electrons. The number of nitrogens with one attached hydrogen (secondary N) is 1. The number of fused-ring (bicyclic) bond motifs is 1. The lowest BCUT2D eigenvalue weighted by Crippen LogP contribution is -2.40. The Morgan fingerprint density at radius 2 is 1.60 bits per heavy atom. The topological polar surface area (TPSA) is 78.0 Å². The number of anilines is 2. The molecule has 0 bridgehead atoms. The lowest BCUT2D eigenvalue weighted by molar-refractivity contribution is 0.729. The Balaban J connectivity index is 2.13. The smallest absolute Gasteiger partial charge is 0.336 e. The van der Waals surface area contributed by atoms with Crippen LogP contribution in [0.3, 0.4) is 0 Å². The van der Waals surface area contributed by atoms with Gasteiger partial charge in [0.1, 0.15) is 11.0 Å². The zero-order valence-electron chi connectivity index (χ0n) is 16.0. The van der Waals surface area contributed by atoms with Crippen LogP contribution in [0, 0.1) is 0 Å². The van der Waals surface area contributed by atoms with E-state index in [2.05, 4.69) is 21.2 Å². The summed E-state index contributed by atoms with van der Waals surface area (Å²) in [5.41, 5.74) is 0.0719. The molecule has 4 aromatic rings. The van der Waals surface area contributed by atoms with Crippen LogP contribution in [0.15, 0.2) is 73.5 Å². The van der Waals surface area contributed by atoms with Gasteiger partial charge in [0.05, 0.1) is 22.1 Å². The number of hydrogen-bond acceptors (Lipinski definition) is 4. The van der Waals surface area contributed by atoms with Crippen molar-refractivity contribution >= 4 is 49.9 Å². The van der Waals surface area contributed by atoms with Gasteiger partial charge in [-0.25, -0.2) is 9.36 Å². The quantitative estimate of drug-likeness (QED) is 0.479. The average Bonchev–Trinajstić information content (AvgIpc) is 2.72. The molecule has 0 saturated heterocycles. The Labute approximate surface area is 183 Å². The molecule has 9 heteroatoms. The van der Waals surface area contributed by atoms with Gasteiger partial charge in [-0.3, -0.25) is 18.7 Å². The molecule has 0 fully saturated rings. The second kappa shape index (κ2) is 7.62. The maximum atomic E-state index is 13.1. The van der Waals surface area contributed by atoms with Crippen molar-refractivity contribution in [2.45, 2.75) is 0 Å². The van der Waals surface area contributed by atoms with Crippen LogP contribution >= 0.6 is 27.5 Å². The number of nitrogens with zero attached hydrogens (tertiary/aromatic N) is 3. The maximum Gasteiger partial charge on any atom is 0.336 e. The number of hydrogen-bond donors (Lipinski definition) is 1. The molecule has 30 heavy (non-hydrogen) atoms. The molecule has 0 aliphatic rings. The van der Waals surface area contributed by atoms with Crippen LogP contribution in [-0.2, 0) is 14.1 Å². The van der Waals surface area contributed by atoms with E-state index >= 15 is 0 Å². The first-order valence-electron chi connectivity index (χ1n) is 8.93. The standard InChI is InChI=1S/C21H16BrClN4O3/c1-25-17(28)11-16(24-15-9-8-12(22)10-14(15)23)18-19(25)27(13-6-4-3-5-7-13)21(30)26(2)20(18)29/h3-11,24H,1-2H3. The van der Waals surface area contributed by atoms with Gasteiger partial charge < -0.3 is 5.32 Å². The average molecular weight is 488 g/mol. The monoisotopic (exact) mass is 486 g/mol. The van der Waals surface area contributed by atoms with Crippen LogP contribution in [0.1, 0.15) is 0 Å². The highest BCUT2D eigenvalue weighted by Gasteiger charge is 2.19. The summed E-state index contributed by atoms with van der Waals surface area (Å²) in [7, 11) is 2.93. The fourth-order valence-electron chi connectivity index (χ4n) is 3.30. The van der Waals surface area contributed by atoms with Gasteiger partial charge in [0, 0.05) is 24.6 Å². The van der Waals surface area contributed by atoms with Gasteiger partial charge in [-0.15, -0.1) is 0 Å². The molecule has 0 saturated carbocycles. The minimum atomic E-state index is -0.549. The number of aromatic nitrogens is 3. The van der Waals surface area contributed by atoms with Crippen LogP contribution in [0.5, 0.6) is 0 Å². The normalized spacial score (nSPS) is 11.1. The Hall–Kier alpha value is -3.10. The molecule has 4 rings (SSSR count). The highest BCUT2D eigenvalue weighted by Crippen LogP contribution is 2.30. The minimum Gasteiger partial charge on any atom is -0.353 e. The summed E-state index contributed by atoms with van der Waals surface area (Å²) in [4.78, 5) is 38.8. The lowest BCUT2D eigenvalue weighted by atomic mass is 10.2. The molecule has 0 aliphatic heterocycles. The van der Waals surface area contributed by atoms with Crippen LogP contribution in [0.25, 0.3) is 16.7 Å². The molecule has 2 aromatic heterocycles. The van der Waals surface area contributed by atoms with Gasteiger partial charge in [-0.1, -0.05) is 45.7 Å². The van der Waals surface area contributed by atoms with E-state index in [4.69, 9.17) is 11.6 Å². The third-order valence-electron chi connectivity index (χ3n) is 4.83. The first kappa shape index (κ1) is 20.2. The fourth-order valence-corrected chi connectivity index (χ4v) is 4.02. The summed E-state index contributed by atoms with van der Waals surface area (Å²) in [5.74, 6) is 0. The van der Waals surface area contributed by atoms with Crippen molar-refractivity contribution in [3.8, 4) is 5.69 Å². The molecule has 1 N–H and O–H groups in total. The summed E-state index contributed by atoms with van der Waals surface area (Å²) in [6.07, 6.45) is 0. The molecule has 0 amide bonds. The first-order valence-corrected chi connectivity index (χ1v) is 10.1. The molecule has 0 spiro atoms. The number of benzene rings is 2. The van der Waals surface area contributed by atoms with Crippen molar-refractivity contribution in [1.82, 2.24) is 13.7 Å². The van der Waals surface area contributed by atoms with Gasteiger partial charge in [0.25, 0.3) is 11.1 Å². The molecule has 2 aromatic carbocycles. The van der Waals surface area contributed by atoms with Crippen LogP contribution < -0.4 is 22.1 Å². The van der Waals surface area contributed by atoms with Gasteiger partial charge in [-0.05, 0) is 30.3 Å². The number of halogens is 2. The lowest BCUT2D eigenvalue weighted by Gasteiger charge is -2.18. The van der Waals surface area contributed by atoms with Crippen molar-refractivity contribution < 1.29 is 0 Å². The van der Waals surface area contributed by atoms with Crippen molar-refractivity contribution in [3.63, 3.8) is 0 Å².